The molecule has 5 heteroatoms. The predicted octanol–water partition coefficient (Wildman–Crippen LogP) is 0.570. The maximum Gasteiger partial charge on any atom is 0.238 e. The van der Waals surface area contributed by atoms with Gasteiger partial charge < -0.3 is 10.6 Å². The van der Waals surface area contributed by atoms with Gasteiger partial charge in [-0.15, -0.1) is 0 Å². The topological polar surface area (TPSA) is 58.2 Å². The van der Waals surface area contributed by atoms with Crippen molar-refractivity contribution in [3.8, 4) is 0 Å². The van der Waals surface area contributed by atoms with Gasteiger partial charge in [-0.25, -0.2) is 0 Å². The molecule has 0 saturated carbocycles. The van der Waals surface area contributed by atoms with E-state index < -0.39 is 5.92 Å². The van der Waals surface area contributed by atoms with Gasteiger partial charge in [0.15, 0.2) is 5.11 Å². The Labute approximate surface area is 88.4 Å². The van der Waals surface area contributed by atoms with Crippen LogP contribution in [0.4, 0.5) is 0 Å². The van der Waals surface area contributed by atoms with E-state index in [4.69, 9.17) is 0 Å². The molecule has 4 nitrogen and oxygen atoms in total. The van der Waals surface area contributed by atoms with E-state index in [-0.39, 0.29) is 16.9 Å². The standard InChI is InChI=1S/C9H14N2O2S/c1-5(2)3-4-6-7(12)10-9(14)11-8(6)13/h5-6H,3-4H2,1-2H3,(H2,10,11,12,13,14). The van der Waals surface area contributed by atoms with Crippen LogP contribution in [0.1, 0.15) is 26.7 Å². The van der Waals surface area contributed by atoms with Gasteiger partial charge in [0.25, 0.3) is 0 Å². The van der Waals surface area contributed by atoms with Crippen LogP contribution in [0.5, 0.6) is 0 Å². The fourth-order valence-corrected chi connectivity index (χ4v) is 1.51. The Hall–Kier alpha value is -0.970. The fourth-order valence-electron chi connectivity index (χ4n) is 1.31. The van der Waals surface area contributed by atoms with Crippen LogP contribution in [-0.2, 0) is 9.59 Å². The normalized spacial score (nSPS) is 18.4. The third-order valence-electron chi connectivity index (χ3n) is 2.14. The molecule has 0 bridgehead atoms. The van der Waals surface area contributed by atoms with Crippen molar-refractivity contribution in [1.82, 2.24) is 10.6 Å². The highest BCUT2D eigenvalue weighted by molar-refractivity contribution is 7.80. The summed E-state index contributed by atoms with van der Waals surface area (Å²) in [5.41, 5.74) is 0. The zero-order valence-electron chi connectivity index (χ0n) is 8.29. The Morgan fingerprint density at radius 1 is 1.29 bits per heavy atom. The smallest absolute Gasteiger partial charge is 0.238 e. The molecule has 0 unspecified atom stereocenters. The Kier molecular flexibility index (Phi) is 3.57. The van der Waals surface area contributed by atoms with Crippen molar-refractivity contribution >= 4 is 29.1 Å². The van der Waals surface area contributed by atoms with E-state index in [1.807, 2.05) is 0 Å². The maximum absolute atomic E-state index is 11.4. The van der Waals surface area contributed by atoms with Crippen LogP contribution in [0.15, 0.2) is 0 Å². The Balaban J connectivity index is 2.54. The van der Waals surface area contributed by atoms with E-state index in [1.165, 1.54) is 0 Å². The number of thiocarbonyl (C=S) groups is 1. The average molecular weight is 214 g/mol. The van der Waals surface area contributed by atoms with Crippen molar-refractivity contribution in [2.75, 3.05) is 0 Å². The largest absolute Gasteiger partial charge is 0.302 e. The second kappa shape index (κ2) is 4.50. The number of rotatable bonds is 3. The van der Waals surface area contributed by atoms with Gasteiger partial charge in [0.1, 0.15) is 5.92 Å². The SMILES string of the molecule is CC(C)CCC1C(=O)NC(=S)NC1=O. The zero-order chi connectivity index (χ0) is 10.7. The summed E-state index contributed by atoms with van der Waals surface area (Å²) in [6.07, 6.45) is 1.44. The first-order valence-corrected chi connectivity index (χ1v) is 5.07. The summed E-state index contributed by atoms with van der Waals surface area (Å²) in [7, 11) is 0. The Bertz CT molecular complexity index is 256. The van der Waals surface area contributed by atoms with Crippen molar-refractivity contribution in [2.24, 2.45) is 11.8 Å². The van der Waals surface area contributed by atoms with Crippen LogP contribution in [0.25, 0.3) is 0 Å². The lowest BCUT2D eigenvalue weighted by Crippen LogP contribution is -2.55. The second-order valence-electron chi connectivity index (χ2n) is 3.83. The predicted molar refractivity (Wildman–Crippen MR) is 56.4 cm³/mol. The first-order valence-electron chi connectivity index (χ1n) is 4.66. The minimum atomic E-state index is -0.580. The molecule has 1 heterocycles. The summed E-state index contributed by atoms with van der Waals surface area (Å²) in [5.74, 6) is -0.646. The molecule has 0 spiro atoms. The molecule has 1 aliphatic heterocycles. The molecule has 0 aliphatic carbocycles. The second-order valence-corrected chi connectivity index (χ2v) is 4.24. The molecule has 0 atom stereocenters. The van der Waals surface area contributed by atoms with Crippen molar-refractivity contribution in [2.45, 2.75) is 26.7 Å². The van der Waals surface area contributed by atoms with E-state index in [2.05, 4.69) is 36.7 Å². The summed E-state index contributed by atoms with van der Waals surface area (Å²) in [6.45, 7) is 4.12. The number of hydrogen-bond donors (Lipinski definition) is 2. The first kappa shape index (κ1) is 11.1. The number of carbonyl (C=O) groups is 2. The Morgan fingerprint density at radius 3 is 2.21 bits per heavy atom. The zero-order valence-corrected chi connectivity index (χ0v) is 9.11. The summed E-state index contributed by atoms with van der Waals surface area (Å²) >= 11 is 4.68. The molecular weight excluding hydrogens is 200 g/mol. The van der Waals surface area contributed by atoms with Gasteiger partial charge in [-0.05, 0) is 31.0 Å². The summed E-state index contributed by atoms with van der Waals surface area (Å²) in [5, 5.41) is 5.00. The third-order valence-corrected chi connectivity index (χ3v) is 2.34. The van der Waals surface area contributed by atoms with Gasteiger partial charge in [0.2, 0.25) is 11.8 Å². The molecule has 1 saturated heterocycles. The molecule has 1 fully saturated rings. The summed E-state index contributed by atoms with van der Waals surface area (Å²) < 4.78 is 0. The quantitative estimate of drug-likeness (QED) is 0.533. The highest BCUT2D eigenvalue weighted by Gasteiger charge is 2.31. The molecular formula is C9H14N2O2S. The molecule has 78 valence electrons. The van der Waals surface area contributed by atoms with Crippen LogP contribution in [0.3, 0.4) is 0 Å². The average Bonchev–Trinajstić information content (AvgIpc) is 2.01. The van der Waals surface area contributed by atoms with Crippen LogP contribution >= 0.6 is 12.2 Å². The number of nitrogens with one attached hydrogen (secondary N) is 2. The van der Waals surface area contributed by atoms with Crippen molar-refractivity contribution in [3.63, 3.8) is 0 Å². The molecule has 1 aliphatic rings. The third kappa shape index (κ3) is 2.77. The lowest BCUT2D eigenvalue weighted by atomic mass is 9.95. The van der Waals surface area contributed by atoms with Gasteiger partial charge in [0.05, 0.1) is 0 Å². The lowest BCUT2D eigenvalue weighted by Gasteiger charge is -2.22. The fraction of sp³-hybridized carbons (Fsp3) is 0.667. The van der Waals surface area contributed by atoms with Crippen molar-refractivity contribution in [1.29, 1.82) is 0 Å². The molecule has 0 aromatic carbocycles. The first-order chi connectivity index (χ1) is 6.50. The number of carbonyl (C=O) groups excluding carboxylic acids is 2. The lowest BCUT2D eigenvalue weighted by molar-refractivity contribution is -0.135. The number of hydrogen-bond acceptors (Lipinski definition) is 3. The van der Waals surface area contributed by atoms with Crippen LogP contribution in [0.2, 0.25) is 0 Å². The highest BCUT2D eigenvalue weighted by atomic mass is 32.1. The van der Waals surface area contributed by atoms with Gasteiger partial charge in [-0.1, -0.05) is 13.8 Å². The van der Waals surface area contributed by atoms with Crippen molar-refractivity contribution < 1.29 is 9.59 Å². The molecule has 0 aromatic heterocycles. The van der Waals surface area contributed by atoms with E-state index in [0.717, 1.165) is 6.42 Å². The van der Waals surface area contributed by atoms with Crippen LogP contribution in [-0.4, -0.2) is 16.9 Å². The van der Waals surface area contributed by atoms with Gasteiger partial charge in [-0.2, -0.15) is 0 Å². The minimum Gasteiger partial charge on any atom is -0.302 e. The molecule has 0 radical (unpaired) electrons. The number of amides is 2. The molecule has 1 rings (SSSR count). The summed E-state index contributed by atoms with van der Waals surface area (Å²) in [6, 6.07) is 0. The highest BCUT2D eigenvalue weighted by Crippen LogP contribution is 2.14. The van der Waals surface area contributed by atoms with E-state index in [0.29, 0.717) is 12.3 Å². The molecule has 2 amide bonds. The van der Waals surface area contributed by atoms with E-state index in [1.54, 1.807) is 0 Å². The molecule has 0 aromatic rings. The van der Waals surface area contributed by atoms with Crippen LogP contribution in [0, 0.1) is 11.8 Å². The molecule has 2 N–H and O–H groups in total. The van der Waals surface area contributed by atoms with Crippen molar-refractivity contribution in [3.05, 3.63) is 0 Å². The van der Waals surface area contributed by atoms with Gasteiger partial charge >= 0.3 is 0 Å². The monoisotopic (exact) mass is 214 g/mol. The van der Waals surface area contributed by atoms with E-state index in [9.17, 15) is 9.59 Å². The summed E-state index contributed by atoms with van der Waals surface area (Å²) in [4.78, 5) is 22.7. The van der Waals surface area contributed by atoms with Gasteiger partial charge in [0, 0.05) is 0 Å². The van der Waals surface area contributed by atoms with Gasteiger partial charge in [-0.3, -0.25) is 9.59 Å². The Morgan fingerprint density at radius 2 is 1.79 bits per heavy atom. The molecule has 14 heavy (non-hydrogen) atoms. The minimum absolute atomic E-state index is 0.112. The van der Waals surface area contributed by atoms with E-state index >= 15 is 0 Å². The van der Waals surface area contributed by atoms with Crippen LogP contribution < -0.4 is 10.6 Å². The maximum atomic E-state index is 11.4.